The summed E-state index contributed by atoms with van der Waals surface area (Å²) < 4.78 is 16.4. The molecule has 0 bridgehead atoms. The van der Waals surface area contributed by atoms with Crippen LogP contribution in [0.25, 0.3) is 0 Å². The Morgan fingerprint density at radius 3 is 2.69 bits per heavy atom. The minimum atomic E-state index is -1.64. The van der Waals surface area contributed by atoms with Crippen LogP contribution >= 0.6 is 0 Å². The van der Waals surface area contributed by atoms with E-state index in [1.165, 1.54) is 6.08 Å². The fraction of sp³-hybridized carbons (Fsp3) is 0.652. The quantitative estimate of drug-likeness (QED) is 0.256. The summed E-state index contributed by atoms with van der Waals surface area (Å²) >= 11 is 0. The van der Waals surface area contributed by atoms with Crippen molar-refractivity contribution in [2.75, 3.05) is 6.61 Å². The SMILES string of the molecule is CC1OC1C=CC=CC(=O)OC1C=C2COC(=O)C2(O)C2(C)CCCC(C)(C)C12. The monoisotopic (exact) mass is 402 g/mol. The molecule has 6 unspecified atom stereocenters. The molecule has 0 aromatic carbocycles. The van der Waals surface area contributed by atoms with Gasteiger partial charge in [0.2, 0.25) is 0 Å². The molecule has 0 aromatic rings. The molecule has 0 aromatic heterocycles. The average molecular weight is 402 g/mol. The van der Waals surface area contributed by atoms with Crippen LogP contribution in [-0.2, 0) is 23.8 Å². The van der Waals surface area contributed by atoms with E-state index in [9.17, 15) is 14.7 Å². The molecule has 2 heterocycles. The maximum atomic E-state index is 12.5. The predicted octanol–water partition coefficient (Wildman–Crippen LogP) is 2.86. The molecule has 0 amide bonds. The first kappa shape index (κ1) is 20.4. The van der Waals surface area contributed by atoms with Crippen LogP contribution in [0.4, 0.5) is 0 Å². The van der Waals surface area contributed by atoms with Crippen LogP contribution in [0.1, 0.15) is 47.0 Å². The lowest BCUT2D eigenvalue weighted by molar-refractivity contribution is -0.194. The Bertz CT molecular complexity index is 808. The second-order valence-electron chi connectivity index (χ2n) is 9.67. The topological polar surface area (TPSA) is 85.4 Å². The van der Waals surface area contributed by atoms with Gasteiger partial charge in [-0.3, -0.25) is 0 Å². The van der Waals surface area contributed by atoms with Gasteiger partial charge in [-0.25, -0.2) is 9.59 Å². The fourth-order valence-electron chi connectivity index (χ4n) is 5.83. The molecular weight excluding hydrogens is 372 g/mol. The van der Waals surface area contributed by atoms with Crippen molar-refractivity contribution in [3.63, 3.8) is 0 Å². The van der Waals surface area contributed by atoms with Crippen LogP contribution in [0.3, 0.4) is 0 Å². The van der Waals surface area contributed by atoms with E-state index in [0.29, 0.717) is 12.0 Å². The first-order valence-corrected chi connectivity index (χ1v) is 10.4. The van der Waals surface area contributed by atoms with E-state index in [1.54, 1.807) is 18.2 Å². The molecule has 1 saturated carbocycles. The highest BCUT2D eigenvalue weighted by atomic mass is 16.6. The molecule has 1 N–H and O–H groups in total. The summed E-state index contributed by atoms with van der Waals surface area (Å²) in [4.78, 5) is 25.0. The molecule has 3 fully saturated rings. The lowest BCUT2D eigenvalue weighted by atomic mass is 9.46. The molecule has 6 atom stereocenters. The van der Waals surface area contributed by atoms with E-state index < -0.39 is 29.1 Å². The number of carbonyl (C=O) groups is 2. The van der Waals surface area contributed by atoms with Crippen LogP contribution in [0.2, 0.25) is 0 Å². The van der Waals surface area contributed by atoms with E-state index in [4.69, 9.17) is 14.2 Å². The summed E-state index contributed by atoms with van der Waals surface area (Å²) in [6.45, 7) is 8.21. The number of rotatable bonds is 4. The van der Waals surface area contributed by atoms with Crippen molar-refractivity contribution in [3.05, 3.63) is 36.0 Å². The van der Waals surface area contributed by atoms with Gasteiger partial charge in [0.1, 0.15) is 18.8 Å². The second kappa shape index (κ2) is 6.81. The smallest absolute Gasteiger partial charge is 0.343 e. The van der Waals surface area contributed by atoms with Gasteiger partial charge >= 0.3 is 11.9 Å². The Kier molecular flexibility index (Phi) is 4.78. The van der Waals surface area contributed by atoms with Crippen molar-refractivity contribution in [1.29, 1.82) is 0 Å². The maximum Gasteiger partial charge on any atom is 0.343 e. The summed E-state index contributed by atoms with van der Waals surface area (Å²) in [5.74, 6) is -1.22. The number of epoxide rings is 1. The van der Waals surface area contributed by atoms with Crippen LogP contribution in [0.15, 0.2) is 36.0 Å². The van der Waals surface area contributed by atoms with Crippen molar-refractivity contribution < 1.29 is 28.9 Å². The van der Waals surface area contributed by atoms with E-state index in [1.807, 2.05) is 19.9 Å². The number of aliphatic hydroxyl groups is 1. The van der Waals surface area contributed by atoms with Gasteiger partial charge in [-0.1, -0.05) is 45.4 Å². The van der Waals surface area contributed by atoms with E-state index >= 15 is 0 Å². The molecule has 4 aliphatic rings. The molecule has 4 rings (SSSR count). The molecule has 6 nitrogen and oxygen atoms in total. The molecule has 2 aliphatic heterocycles. The molecule has 0 radical (unpaired) electrons. The first-order valence-electron chi connectivity index (χ1n) is 10.4. The standard InChI is InChI=1S/C23H30O6/c1-14-16(28-14)8-5-6-9-18(24)29-17-12-15-13-27-20(25)23(15,26)22(4)11-7-10-21(2,3)19(17)22/h5-6,8-9,12,14,16-17,19,26H,7,10-11,13H2,1-4H3. The molecule has 6 heteroatoms. The Balaban J connectivity index is 1.59. The van der Waals surface area contributed by atoms with Crippen molar-refractivity contribution in [2.24, 2.45) is 16.7 Å². The molecule has 2 aliphatic carbocycles. The first-order chi connectivity index (χ1) is 13.6. The highest BCUT2D eigenvalue weighted by Gasteiger charge is 2.69. The number of allylic oxidation sites excluding steroid dienone is 2. The zero-order valence-corrected chi connectivity index (χ0v) is 17.5. The summed E-state index contributed by atoms with van der Waals surface area (Å²) in [5, 5.41) is 11.5. The van der Waals surface area contributed by atoms with E-state index in [2.05, 4.69) is 13.8 Å². The zero-order chi connectivity index (χ0) is 21.0. The van der Waals surface area contributed by atoms with Gasteiger partial charge in [-0.05, 0) is 31.3 Å². The normalized spacial score (nSPS) is 42.9. The number of hydrogen-bond acceptors (Lipinski definition) is 6. The number of fused-ring (bicyclic) bond motifs is 3. The van der Waals surface area contributed by atoms with Gasteiger partial charge in [0, 0.05) is 23.0 Å². The highest BCUT2D eigenvalue weighted by Crippen LogP contribution is 2.63. The molecular formula is C23H30O6. The fourth-order valence-corrected chi connectivity index (χ4v) is 5.83. The Morgan fingerprint density at radius 2 is 2.00 bits per heavy atom. The van der Waals surface area contributed by atoms with Gasteiger partial charge in [0.15, 0.2) is 5.60 Å². The number of cyclic esters (lactones) is 1. The number of carbonyl (C=O) groups excluding carboxylic acids is 2. The summed E-state index contributed by atoms with van der Waals surface area (Å²) in [7, 11) is 0. The van der Waals surface area contributed by atoms with Crippen molar-refractivity contribution >= 4 is 11.9 Å². The molecule has 29 heavy (non-hydrogen) atoms. The van der Waals surface area contributed by atoms with Gasteiger partial charge in [0.25, 0.3) is 0 Å². The lowest BCUT2D eigenvalue weighted by Crippen LogP contribution is -2.65. The predicted molar refractivity (Wildman–Crippen MR) is 106 cm³/mol. The van der Waals surface area contributed by atoms with Crippen LogP contribution in [0.5, 0.6) is 0 Å². The summed E-state index contributed by atoms with van der Waals surface area (Å²) in [6.07, 6.45) is 10.8. The van der Waals surface area contributed by atoms with Gasteiger partial charge < -0.3 is 19.3 Å². The van der Waals surface area contributed by atoms with Gasteiger partial charge in [0.05, 0.1) is 6.10 Å². The van der Waals surface area contributed by atoms with Crippen molar-refractivity contribution in [3.8, 4) is 0 Å². The van der Waals surface area contributed by atoms with Crippen LogP contribution in [0, 0.1) is 16.7 Å². The average Bonchev–Trinajstić information content (AvgIpc) is 3.25. The molecule has 2 saturated heterocycles. The molecule has 158 valence electrons. The van der Waals surface area contributed by atoms with Crippen LogP contribution < -0.4 is 0 Å². The summed E-state index contributed by atoms with van der Waals surface area (Å²) in [6, 6.07) is 0. The largest absolute Gasteiger partial charge is 0.459 e. The second-order valence-corrected chi connectivity index (χ2v) is 9.67. The Morgan fingerprint density at radius 1 is 1.28 bits per heavy atom. The van der Waals surface area contributed by atoms with E-state index in [-0.39, 0.29) is 30.1 Å². The minimum absolute atomic E-state index is 0.0459. The third-order valence-corrected chi connectivity index (χ3v) is 7.34. The van der Waals surface area contributed by atoms with Crippen molar-refractivity contribution in [2.45, 2.75) is 70.9 Å². The minimum Gasteiger partial charge on any atom is -0.459 e. The number of ether oxygens (including phenoxy) is 3. The van der Waals surface area contributed by atoms with Gasteiger partial charge in [-0.15, -0.1) is 0 Å². The Hall–Kier alpha value is -1.92. The van der Waals surface area contributed by atoms with E-state index in [0.717, 1.165) is 12.8 Å². The Labute approximate surface area is 171 Å². The number of esters is 2. The zero-order valence-electron chi connectivity index (χ0n) is 17.5. The van der Waals surface area contributed by atoms with Crippen LogP contribution in [-0.4, -0.2) is 47.6 Å². The number of hydrogen-bond donors (Lipinski definition) is 1. The molecule has 0 spiro atoms. The third-order valence-electron chi connectivity index (χ3n) is 7.34. The lowest BCUT2D eigenvalue weighted by Gasteiger charge is -2.59. The maximum absolute atomic E-state index is 12.5. The highest BCUT2D eigenvalue weighted by molar-refractivity contribution is 5.88. The van der Waals surface area contributed by atoms with Crippen molar-refractivity contribution in [1.82, 2.24) is 0 Å². The third kappa shape index (κ3) is 3.17. The summed E-state index contributed by atoms with van der Waals surface area (Å²) in [5.41, 5.74) is -2.08. The van der Waals surface area contributed by atoms with Gasteiger partial charge in [-0.2, -0.15) is 0 Å².